The summed E-state index contributed by atoms with van der Waals surface area (Å²) >= 11 is 0. The summed E-state index contributed by atoms with van der Waals surface area (Å²) in [5, 5.41) is 7.17. The third kappa shape index (κ3) is 4.11. The van der Waals surface area contributed by atoms with Gasteiger partial charge in [0.2, 0.25) is 0 Å². The number of aryl methyl sites for hydroxylation is 1. The molecule has 9 aromatic rings. The zero-order chi connectivity index (χ0) is 41.2. The molecule has 0 N–H and O–H groups in total. The minimum atomic E-state index is -0.147. The van der Waals surface area contributed by atoms with Gasteiger partial charge in [-0.05, 0) is 128 Å². The number of aromatic nitrogens is 3. The first kappa shape index (κ1) is 32.2. The highest BCUT2D eigenvalue weighted by atomic mass is 15.1. The molecular formula is C52H54BN3. The van der Waals surface area contributed by atoms with Gasteiger partial charge < -0.3 is 13.5 Å². The van der Waals surface area contributed by atoms with Gasteiger partial charge in [0.25, 0.3) is 6.71 Å². The fraction of sp³-hybridized carbons (Fsp3) is 0.346. The largest absolute Gasteiger partial charge is 0.317 e. The molecular weight excluding hydrogens is 677 g/mol. The van der Waals surface area contributed by atoms with Gasteiger partial charge in [-0.2, -0.15) is 0 Å². The van der Waals surface area contributed by atoms with Gasteiger partial charge in [0.1, 0.15) is 0 Å². The molecule has 0 amide bonds. The van der Waals surface area contributed by atoms with E-state index in [0.717, 1.165) is 16.6 Å². The Morgan fingerprint density at radius 3 is 1.59 bits per heavy atom. The zero-order valence-electron chi connectivity index (χ0n) is 37.7. The Bertz CT molecular complexity index is 3140. The number of rotatable bonds is 0. The first-order valence-corrected chi connectivity index (χ1v) is 20.7. The lowest BCUT2D eigenvalue weighted by Gasteiger charge is -2.36. The highest BCUT2D eigenvalue weighted by Crippen LogP contribution is 2.49. The molecule has 5 aromatic carbocycles. The van der Waals surface area contributed by atoms with Gasteiger partial charge in [-0.25, -0.2) is 0 Å². The van der Waals surface area contributed by atoms with Crippen LogP contribution < -0.4 is 16.4 Å². The summed E-state index contributed by atoms with van der Waals surface area (Å²) in [6.45, 7) is 32.2. The van der Waals surface area contributed by atoms with Crippen molar-refractivity contribution >= 4 is 83.0 Å². The summed E-state index contributed by atoms with van der Waals surface area (Å²) < 4.78 is 27.0. The molecule has 4 aromatic heterocycles. The molecule has 0 bridgehead atoms. The van der Waals surface area contributed by atoms with Crippen LogP contribution in [-0.2, 0) is 21.7 Å². The highest BCUT2D eigenvalue weighted by molar-refractivity contribution is 7.00. The third-order valence-electron chi connectivity index (χ3n) is 13.8. The third-order valence-corrected chi connectivity index (χ3v) is 13.8. The molecule has 11 rings (SSSR count). The van der Waals surface area contributed by atoms with Crippen molar-refractivity contribution in [2.45, 2.75) is 119 Å². The van der Waals surface area contributed by atoms with Gasteiger partial charge in [-0.15, -0.1) is 0 Å². The molecule has 6 heterocycles. The number of hydrogen-bond donors (Lipinski definition) is 0. The van der Waals surface area contributed by atoms with E-state index >= 15 is 0 Å². The summed E-state index contributed by atoms with van der Waals surface area (Å²) in [4.78, 5) is 0. The molecule has 56 heavy (non-hydrogen) atoms. The maximum Gasteiger partial charge on any atom is 0.252 e. The molecule has 0 radical (unpaired) electrons. The van der Waals surface area contributed by atoms with Crippen LogP contribution in [0.2, 0.25) is 0 Å². The van der Waals surface area contributed by atoms with Crippen LogP contribution in [-0.4, -0.2) is 20.2 Å². The zero-order valence-corrected chi connectivity index (χ0v) is 35.7. The van der Waals surface area contributed by atoms with Crippen LogP contribution in [0, 0.1) is 13.8 Å². The number of hydrogen-bond acceptors (Lipinski definition) is 0. The van der Waals surface area contributed by atoms with Crippen molar-refractivity contribution in [2.24, 2.45) is 0 Å². The van der Waals surface area contributed by atoms with Crippen molar-refractivity contribution in [3.63, 3.8) is 0 Å². The monoisotopic (exact) mass is 733 g/mol. The predicted octanol–water partition coefficient (Wildman–Crippen LogP) is 11.7. The van der Waals surface area contributed by atoms with E-state index in [0.29, 0.717) is 6.04 Å². The normalized spacial score (nSPS) is 15.1. The van der Waals surface area contributed by atoms with Crippen molar-refractivity contribution < 1.29 is 2.74 Å². The summed E-state index contributed by atoms with van der Waals surface area (Å²) in [5.41, 5.74) is 19.5. The van der Waals surface area contributed by atoms with Crippen molar-refractivity contribution in [1.82, 2.24) is 13.5 Å². The SMILES string of the molecule is [2H]c1c([2H])n2c3c(cc(C(C)(C)C)cc13)B1c3c-2c2c4cc(C(C)(C)C)ccc4n4c5ccc(C(C)(C)C)cc5c(c3-n3c(C)c(C)c5cc(C(C)(C)C)cc1c53)c24. The second-order valence-corrected chi connectivity index (χ2v) is 21.5. The number of benzene rings is 5. The Labute approximate surface area is 334 Å². The molecule has 2 aliphatic heterocycles. The Morgan fingerprint density at radius 2 is 1.04 bits per heavy atom. The van der Waals surface area contributed by atoms with E-state index in [1.807, 2.05) is 0 Å². The van der Waals surface area contributed by atoms with Gasteiger partial charge in [0.05, 0.1) is 30.7 Å². The predicted molar refractivity (Wildman–Crippen MR) is 244 cm³/mol. The second-order valence-electron chi connectivity index (χ2n) is 21.5. The summed E-state index contributed by atoms with van der Waals surface area (Å²) in [5.74, 6) is 0. The summed E-state index contributed by atoms with van der Waals surface area (Å²) in [6, 6.07) is 24.2. The van der Waals surface area contributed by atoms with Crippen LogP contribution in [0.1, 0.15) is 119 Å². The topological polar surface area (TPSA) is 14.3 Å². The highest BCUT2D eigenvalue weighted by Gasteiger charge is 2.44. The van der Waals surface area contributed by atoms with Crippen LogP contribution in [0.3, 0.4) is 0 Å². The molecule has 3 nitrogen and oxygen atoms in total. The van der Waals surface area contributed by atoms with Crippen molar-refractivity contribution in [3.8, 4) is 11.4 Å². The lowest BCUT2D eigenvalue weighted by molar-refractivity contribution is 0.591. The molecule has 0 saturated heterocycles. The van der Waals surface area contributed by atoms with E-state index in [1.165, 1.54) is 105 Å². The van der Waals surface area contributed by atoms with Crippen LogP contribution in [0.5, 0.6) is 0 Å². The molecule has 0 atom stereocenters. The standard InChI is InChI=1S/C52H54BN3/c1-27-28(2)55-45-34(27)24-33(52(12,13)14)26-38(45)53-37-25-32(51(9,10)11)21-29-19-20-54(44(29)37)47-41-35-22-30(49(3,4)5)15-17-39(35)56-40-18-16-31(50(6,7)8)23-36(40)42(46(41)56)48(55)43(47)53/h15-26H,1-14H3/i19D,20D. The quantitative estimate of drug-likeness (QED) is 0.138. The number of fused-ring (bicyclic) bond motifs is 12. The fourth-order valence-electron chi connectivity index (χ4n) is 10.5. The van der Waals surface area contributed by atoms with Crippen molar-refractivity contribution in [1.29, 1.82) is 0 Å². The summed E-state index contributed by atoms with van der Waals surface area (Å²) in [7, 11) is 0. The Balaban J connectivity index is 1.50. The van der Waals surface area contributed by atoms with Crippen LogP contribution in [0.4, 0.5) is 0 Å². The Kier molecular flexibility index (Phi) is 5.81. The molecule has 0 fully saturated rings. The molecule has 4 heteroatoms. The number of nitrogens with zero attached hydrogens (tertiary/aromatic N) is 3. The van der Waals surface area contributed by atoms with Crippen LogP contribution in [0.25, 0.3) is 71.3 Å². The van der Waals surface area contributed by atoms with E-state index in [4.69, 9.17) is 0 Å². The van der Waals surface area contributed by atoms with Crippen LogP contribution >= 0.6 is 0 Å². The minimum absolute atomic E-state index is 0.0318. The Hall–Kier alpha value is -4.96. The van der Waals surface area contributed by atoms with E-state index in [-0.39, 0.29) is 34.5 Å². The summed E-state index contributed by atoms with van der Waals surface area (Å²) in [6.07, 6.45) is 0.261. The maximum absolute atomic E-state index is 9.93. The fourth-order valence-corrected chi connectivity index (χ4v) is 10.5. The van der Waals surface area contributed by atoms with Gasteiger partial charge in [0.15, 0.2) is 0 Å². The Morgan fingerprint density at radius 1 is 0.536 bits per heavy atom. The second kappa shape index (κ2) is 10.1. The molecule has 0 saturated carbocycles. The van der Waals surface area contributed by atoms with Crippen molar-refractivity contribution in [2.75, 3.05) is 0 Å². The van der Waals surface area contributed by atoms with E-state index < -0.39 is 0 Å². The molecule has 0 aliphatic carbocycles. The molecule has 280 valence electrons. The van der Waals surface area contributed by atoms with Crippen molar-refractivity contribution in [3.05, 3.63) is 106 Å². The molecule has 0 spiro atoms. The average Bonchev–Trinajstić information content (AvgIpc) is 3.81. The van der Waals surface area contributed by atoms with Crippen LogP contribution in [0.15, 0.2) is 72.9 Å². The van der Waals surface area contributed by atoms with E-state index in [9.17, 15) is 2.74 Å². The maximum atomic E-state index is 9.93. The van der Waals surface area contributed by atoms with Gasteiger partial charge in [-0.3, -0.25) is 0 Å². The van der Waals surface area contributed by atoms with Gasteiger partial charge in [0, 0.05) is 49.8 Å². The average molecular weight is 734 g/mol. The minimum Gasteiger partial charge on any atom is -0.317 e. The van der Waals surface area contributed by atoms with Gasteiger partial charge >= 0.3 is 0 Å². The lowest BCUT2D eigenvalue weighted by Crippen LogP contribution is -2.60. The molecule has 2 aliphatic rings. The first-order chi connectivity index (χ1) is 27.0. The van der Waals surface area contributed by atoms with E-state index in [1.54, 1.807) is 0 Å². The first-order valence-electron chi connectivity index (χ1n) is 21.7. The smallest absolute Gasteiger partial charge is 0.252 e. The lowest BCUT2D eigenvalue weighted by atomic mass is 9.33. The molecule has 0 unspecified atom stereocenters. The van der Waals surface area contributed by atoms with Gasteiger partial charge in [-0.1, -0.05) is 107 Å². The van der Waals surface area contributed by atoms with E-state index in [2.05, 4.69) is 171 Å².